The van der Waals surface area contributed by atoms with Crippen LogP contribution in [-0.2, 0) is 13.1 Å². The summed E-state index contributed by atoms with van der Waals surface area (Å²) in [4.78, 5) is 14.4. The Balaban J connectivity index is 1.72. The fourth-order valence-electron chi connectivity index (χ4n) is 2.62. The van der Waals surface area contributed by atoms with Crippen LogP contribution in [0, 0.1) is 0 Å². The molecule has 1 aromatic carbocycles. The number of aromatic nitrogens is 4. The summed E-state index contributed by atoms with van der Waals surface area (Å²) in [7, 11) is 2.08. The van der Waals surface area contributed by atoms with Crippen molar-refractivity contribution in [2.45, 2.75) is 33.0 Å². The van der Waals surface area contributed by atoms with Gasteiger partial charge in [-0.15, -0.1) is 0 Å². The number of H-pyrrole nitrogens is 1. The van der Waals surface area contributed by atoms with Crippen molar-refractivity contribution in [2.75, 3.05) is 7.05 Å². The number of halogens is 1. The molecule has 5 nitrogen and oxygen atoms in total. The molecule has 0 saturated heterocycles. The van der Waals surface area contributed by atoms with Gasteiger partial charge < -0.3 is 9.55 Å². The average Bonchev–Trinajstić information content (AvgIpc) is 3.04. The van der Waals surface area contributed by atoms with Gasteiger partial charge in [-0.25, -0.2) is 9.97 Å². The molecule has 0 aliphatic rings. The molecule has 0 aliphatic heterocycles. The SMILES string of the molecule is CC(C)n1cncc1CN(C)Cc1nc2ccc(Cl)cc2[nH]1. The second-order valence-corrected chi connectivity index (χ2v) is 6.34. The Bertz CT molecular complexity index is 774. The number of rotatable bonds is 5. The molecule has 116 valence electrons. The highest BCUT2D eigenvalue weighted by molar-refractivity contribution is 6.31. The van der Waals surface area contributed by atoms with E-state index in [1.165, 1.54) is 5.69 Å². The lowest BCUT2D eigenvalue weighted by molar-refractivity contribution is 0.300. The van der Waals surface area contributed by atoms with E-state index in [-0.39, 0.29) is 0 Å². The van der Waals surface area contributed by atoms with Gasteiger partial charge in [0.25, 0.3) is 0 Å². The van der Waals surface area contributed by atoms with Crippen molar-refractivity contribution in [3.63, 3.8) is 0 Å². The van der Waals surface area contributed by atoms with Gasteiger partial charge in [-0.2, -0.15) is 0 Å². The minimum absolute atomic E-state index is 0.416. The standard InChI is InChI=1S/C16H20ClN5/c1-11(2)22-10-18-7-13(22)8-21(3)9-16-19-14-5-4-12(17)6-15(14)20-16/h4-7,10-11H,8-9H2,1-3H3,(H,19,20). The first-order valence-corrected chi connectivity index (χ1v) is 7.74. The maximum absolute atomic E-state index is 6.01. The van der Waals surface area contributed by atoms with E-state index in [0.29, 0.717) is 6.04 Å². The van der Waals surface area contributed by atoms with Crippen molar-refractivity contribution in [1.29, 1.82) is 0 Å². The van der Waals surface area contributed by atoms with Crippen LogP contribution in [0.2, 0.25) is 5.02 Å². The third-order valence-corrected chi connectivity index (χ3v) is 3.88. The van der Waals surface area contributed by atoms with Crippen LogP contribution in [0.1, 0.15) is 31.4 Å². The number of aromatic amines is 1. The van der Waals surface area contributed by atoms with Gasteiger partial charge in [0.1, 0.15) is 5.82 Å². The maximum atomic E-state index is 6.01. The minimum Gasteiger partial charge on any atom is -0.341 e. The van der Waals surface area contributed by atoms with Gasteiger partial charge in [-0.05, 0) is 39.1 Å². The lowest BCUT2D eigenvalue weighted by Crippen LogP contribution is -2.20. The van der Waals surface area contributed by atoms with Gasteiger partial charge >= 0.3 is 0 Å². The Morgan fingerprint density at radius 3 is 2.91 bits per heavy atom. The monoisotopic (exact) mass is 317 g/mol. The number of nitrogens with zero attached hydrogens (tertiary/aromatic N) is 4. The van der Waals surface area contributed by atoms with E-state index >= 15 is 0 Å². The second kappa shape index (κ2) is 6.10. The van der Waals surface area contributed by atoms with Gasteiger partial charge in [-0.1, -0.05) is 11.6 Å². The van der Waals surface area contributed by atoms with Crippen LogP contribution in [0.4, 0.5) is 0 Å². The third-order valence-electron chi connectivity index (χ3n) is 3.65. The highest BCUT2D eigenvalue weighted by atomic mass is 35.5. The van der Waals surface area contributed by atoms with Crippen molar-refractivity contribution in [1.82, 2.24) is 24.4 Å². The lowest BCUT2D eigenvalue weighted by Gasteiger charge is -2.18. The quantitative estimate of drug-likeness (QED) is 0.782. The van der Waals surface area contributed by atoms with Crippen molar-refractivity contribution in [3.8, 4) is 0 Å². The Morgan fingerprint density at radius 2 is 2.14 bits per heavy atom. The minimum atomic E-state index is 0.416. The molecule has 0 spiro atoms. The van der Waals surface area contributed by atoms with Crippen LogP contribution in [0.15, 0.2) is 30.7 Å². The molecule has 0 bridgehead atoms. The number of hydrogen-bond donors (Lipinski definition) is 1. The zero-order valence-electron chi connectivity index (χ0n) is 13.0. The summed E-state index contributed by atoms with van der Waals surface area (Å²) in [6, 6.07) is 6.12. The molecule has 0 amide bonds. The van der Waals surface area contributed by atoms with Gasteiger partial charge in [-0.3, -0.25) is 4.90 Å². The lowest BCUT2D eigenvalue weighted by atomic mass is 10.3. The molecule has 3 aromatic rings. The molecule has 3 rings (SSSR count). The van der Waals surface area contributed by atoms with Crippen LogP contribution >= 0.6 is 11.6 Å². The Morgan fingerprint density at radius 1 is 1.32 bits per heavy atom. The second-order valence-electron chi connectivity index (χ2n) is 5.90. The van der Waals surface area contributed by atoms with E-state index in [4.69, 9.17) is 11.6 Å². The van der Waals surface area contributed by atoms with Crippen molar-refractivity contribution in [3.05, 3.63) is 47.3 Å². The topological polar surface area (TPSA) is 49.7 Å². The predicted molar refractivity (Wildman–Crippen MR) is 88.9 cm³/mol. The molecule has 0 atom stereocenters. The molecule has 22 heavy (non-hydrogen) atoms. The Kier molecular flexibility index (Phi) is 4.18. The first kappa shape index (κ1) is 15.1. The summed E-state index contributed by atoms with van der Waals surface area (Å²) < 4.78 is 2.19. The molecule has 2 heterocycles. The molecule has 0 aliphatic carbocycles. The van der Waals surface area contributed by atoms with Crippen molar-refractivity contribution >= 4 is 22.6 Å². The number of fused-ring (bicyclic) bond motifs is 1. The first-order valence-electron chi connectivity index (χ1n) is 7.36. The van der Waals surface area contributed by atoms with Crippen LogP contribution in [0.5, 0.6) is 0 Å². The molecular weight excluding hydrogens is 298 g/mol. The van der Waals surface area contributed by atoms with E-state index in [0.717, 1.165) is 35.0 Å². The molecule has 1 N–H and O–H groups in total. The highest BCUT2D eigenvalue weighted by Gasteiger charge is 2.10. The van der Waals surface area contributed by atoms with Crippen LogP contribution in [0.3, 0.4) is 0 Å². The van der Waals surface area contributed by atoms with Gasteiger partial charge in [0.05, 0.1) is 29.6 Å². The van der Waals surface area contributed by atoms with Gasteiger partial charge in [0.15, 0.2) is 0 Å². The average molecular weight is 318 g/mol. The van der Waals surface area contributed by atoms with Crippen LogP contribution in [-0.4, -0.2) is 31.5 Å². The highest BCUT2D eigenvalue weighted by Crippen LogP contribution is 2.18. The zero-order valence-corrected chi connectivity index (χ0v) is 13.8. The van der Waals surface area contributed by atoms with Crippen LogP contribution in [0.25, 0.3) is 11.0 Å². The molecule has 0 radical (unpaired) electrons. The number of nitrogens with one attached hydrogen (secondary N) is 1. The smallest absolute Gasteiger partial charge is 0.121 e. The fourth-order valence-corrected chi connectivity index (χ4v) is 2.79. The fraction of sp³-hybridized carbons (Fsp3) is 0.375. The summed E-state index contributed by atoms with van der Waals surface area (Å²) in [5, 5.41) is 0.719. The summed E-state index contributed by atoms with van der Waals surface area (Å²) in [6.07, 6.45) is 3.81. The number of hydrogen-bond acceptors (Lipinski definition) is 3. The van der Waals surface area contributed by atoms with Gasteiger partial charge in [0, 0.05) is 23.8 Å². The van der Waals surface area contributed by atoms with E-state index < -0.39 is 0 Å². The van der Waals surface area contributed by atoms with E-state index in [1.807, 2.05) is 30.7 Å². The summed E-state index contributed by atoms with van der Waals surface area (Å²) >= 11 is 6.01. The maximum Gasteiger partial charge on any atom is 0.121 e. The largest absolute Gasteiger partial charge is 0.341 e. The summed E-state index contributed by atoms with van der Waals surface area (Å²) in [6.45, 7) is 5.90. The Hall–Kier alpha value is -1.85. The zero-order chi connectivity index (χ0) is 15.7. The first-order chi connectivity index (χ1) is 10.5. The molecule has 0 saturated carbocycles. The molecular formula is C16H20ClN5. The summed E-state index contributed by atoms with van der Waals surface area (Å²) in [5.74, 6) is 0.940. The molecule has 0 fully saturated rings. The molecule has 6 heteroatoms. The number of benzene rings is 1. The number of imidazole rings is 2. The predicted octanol–water partition coefficient (Wildman–Crippen LogP) is 3.63. The Labute approximate surface area is 134 Å². The van der Waals surface area contributed by atoms with E-state index in [9.17, 15) is 0 Å². The third kappa shape index (κ3) is 3.15. The summed E-state index contributed by atoms with van der Waals surface area (Å²) in [5.41, 5.74) is 3.12. The van der Waals surface area contributed by atoms with E-state index in [1.54, 1.807) is 0 Å². The van der Waals surface area contributed by atoms with Gasteiger partial charge in [0.2, 0.25) is 0 Å². The molecule has 2 aromatic heterocycles. The normalized spacial score (nSPS) is 11.9. The molecule has 0 unspecified atom stereocenters. The van der Waals surface area contributed by atoms with Crippen molar-refractivity contribution < 1.29 is 0 Å². The van der Waals surface area contributed by atoms with Crippen LogP contribution < -0.4 is 0 Å². The van der Waals surface area contributed by atoms with E-state index in [2.05, 4.69) is 45.3 Å². The van der Waals surface area contributed by atoms with Crippen molar-refractivity contribution in [2.24, 2.45) is 0 Å².